The van der Waals surface area contributed by atoms with Crippen LogP contribution in [0.1, 0.15) is 37.0 Å². The van der Waals surface area contributed by atoms with Crippen LogP contribution in [0, 0.1) is 18.3 Å². The Morgan fingerprint density at radius 2 is 2.06 bits per heavy atom. The van der Waals surface area contributed by atoms with Crippen LogP contribution >= 0.6 is 0 Å². The zero-order chi connectivity index (χ0) is 12.6. The molecule has 92 valence electrons. The van der Waals surface area contributed by atoms with Crippen molar-refractivity contribution in [2.24, 2.45) is 11.3 Å². The molecule has 1 atom stereocenters. The summed E-state index contributed by atoms with van der Waals surface area (Å²) in [6, 6.07) is 6.54. The van der Waals surface area contributed by atoms with Gasteiger partial charge in [-0.1, -0.05) is 23.8 Å². The summed E-state index contributed by atoms with van der Waals surface area (Å²) in [6.45, 7) is 5.79. The highest BCUT2D eigenvalue weighted by Crippen LogP contribution is 2.38. The van der Waals surface area contributed by atoms with Gasteiger partial charge < -0.3 is 5.11 Å². The van der Waals surface area contributed by atoms with Gasteiger partial charge in [0.1, 0.15) is 0 Å². The molecule has 0 aromatic heterocycles. The van der Waals surface area contributed by atoms with E-state index in [0.29, 0.717) is 0 Å². The minimum Gasteiger partial charge on any atom is -0.481 e. The first-order chi connectivity index (χ1) is 7.91. The lowest BCUT2D eigenvalue weighted by Gasteiger charge is -2.34. The van der Waals surface area contributed by atoms with E-state index in [1.165, 1.54) is 16.7 Å². The van der Waals surface area contributed by atoms with E-state index in [2.05, 4.69) is 25.1 Å². The Morgan fingerprint density at radius 3 is 2.71 bits per heavy atom. The lowest BCUT2D eigenvalue weighted by atomic mass is 9.69. The molecular weight excluding hydrogens is 212 g/mol. The zero-order valence-electron chi connectivity index (χ0n) is 10.8. The average Bonchev–Trinajstić information content (AvgIpc) is 2.27. The Kier molecular flexibility index (Phi) is 2.98. The second kappa shape index (κ2) is 4.17. The number of hydrogen-bond donors (Lipinski definition) is 1. The van der Waals surface area contributed by atoms with Gasteiger partial charge in [-0.25, -0.2) is 0 Å². The zero-order valence-corrected chi connectivity index (χ0v) is 10.8. The maximum atomic E-state index is 11.3. The highest BCUT2D eigenvalue weighted by Gasteiger charge is 2.38. The third kappa shape index (κ3) is 2.21. The molecule has 17 heavy (non-hydrogen) atoms. The van der Waals surface area contributed by atoms with Crippen LogP contribution in [-0.2, 0) is 17.6 Å². The fraction of sp³-hybridized carbons (Fsp3) is 0.533. The number of aryl methyl sites for hydroxylation is 2. The standard InChI is InChI=1S/C15H20O2/c1-10-4-5-11-6-7-13(9-12(11)8-10)15(2,3)14(16)17/h4-5,8,13H,6-7,9H2,1-3H3,(H,16,17). The lowest BCUT2D eigenvalue weighted by Crippen LogP contribution is -2.36. The van der Waals surface area contributed by atoms with E-state index in [1.807, 2.05) is 13.8 Å². The molecule has 0 radical (unpaired) electrons. The number of fused-ring (bicyclic) bond motifs is 1. The Morgan fingerprint density at radius 1 is 1.35 bits per heavy atom. The van der Waals surface area contributed by atoms with Crippen LogP contribution in [0.2, 0.25) is 0 Å². The van der Waals surface area contributed by atoms with Crippen molar-refractivity contribution in [1.82, 2.24) is 0 Å². The molecule has 1 unspecified atom stereocenters. The highest BCUT2D eigenvalue weighted by molar-refractivity contribution is 5.74. The van der Waals surface area contributed by atoms with Crippen molar-refractivity contribution in [3.63, 3.8) is 0 Å². The molecule has 1 aliphatic carbocycles. The number of hydrogen-bond acceptors (Lipinski definition) is 1. The maximum Gasteiger partial charge on any atom is 0.309 e. The molecule has 1 aromatic carbocycles. The summed E-state index contributed by atoms with van der Waals surface area (Å²) in [6.07, 6.45) is 2.89. The van der Waals surface area contributed by atoms with Gasteiger partial charge in [-0.3, -0.25) is 4.79 Å². The Labute approximate surface area is 103 Å². The number of carboxylic acids is 1. The Hall–Kier alpha value is -1.31. The van der Waals surface area contributed by atoms with Crippen LogP contribution in [0.4, 0.5) is 0 Å². The Bertz CT molecular complexity index is 446. The number of carboxylic acid groups (broad SMARTS) is 1. The summed E-state index contributed by atoms with van der Waals surface area (Å²) < 4.78 is 0. The molecule has 1 aliphatic rings. The molecule has 0 heterocycles. The van der Waals surface area contributed by atoms with Crippen molar-refractivity contribution in [2.75, 3.05) is 0 Å². The molecule has 1 aromatic rings. The summed E-state index contributed by atoms with van der Waals surface area (Å²) in [7, 11) is 0. The third-order valence-corrected chi connectivity index (χ3v) is 4.16. The summed E-state index contributed by atoms with van der Waals surface area (Å²) >= 11 is 0. The first-order valence-corrected chi connectivity index (χ1v) is 6.23. The summed E-state index contributed by atoms with van der Waals surface area (Å²) in [5.74, 6) is -0.437. The van der Waals surface area contributed by atoms with E-state index in [0.717, 1.165) is 19.3 Å². The van der Waals surface area contributed by atoms with Gasteiger partial charge in [0.05, 0.1) is 5.41 Å². The number of aliphatic carboxylic acids is 1. The van der Waals surface area contributed by atoms with Gasteiger partial charge in [0.2, 0.25) is 0 Å². The minimum atomic E-state index is -0.682. The van der Waals surface area contributed by atoms with Crippen LogP contribution < -0.4 is 0 Å². The molecule has 0 saturated heterocycles. The van der Waals surface area contributed by atoms with E-state index < -0.39 is 11.4 Å². The van der Waals surface area contributed by atoms with Crippen molar-refractivity contribution < 1.29 is 9.90 Å². The maximum absolute atomic E-state index is 11.3. The third-order valence-electron chi connectivity index (χ3n) is 4.16. The van der Waals surface area contributed by atoms with E-state index in [-0.39, 0.29) is 5.92 Å². The van der Waals surface area contributed by atoms with E-state index in [1.54, 1.807) is 0 Å². The molecule has 0 amide bonds. The fourth-order valence-corrected chi connectivity index (χ4v) is 2.68. The lowest BCUT2D eigenvalue weighted by molar-refractivity contribution is -0.150. The van der Waals surface area contributed by atoms with Gasteiger partial charge in [0.25, 0.3) is 0 Å². The first-order valence-electron chi connectivity index (χ1n) is 6.23. The molecular formula is C15H20O2. The molecule has 0 saturated carbocycles. The summed E-state index contributed by atoms with van der Waals surface area (Å²) in [5.41, 5.74) is 3.38. The van der Waals surface area contributed by atoms with Crippen molar-refractivity contribution in [2.45, 2.75) is 40.0 Å². The number of rotatable bonds is 2. The first kappa shape index (κ1) is 12.2. The Balaban J connectivity index is 2.26. The summed E-state index contributed by atoms with van der Waals surface area (Å²) in [5, 5.41) is 9.30. The minimum absolute atomic E-state index is 0.245. The van der Waals surface area contributed by atoms with Crippen molar-refractivity contribution in [1.29, 1.82) is 0 Å². The topological polar surface area (TPSA) is 37.3 Å². The van der Waals surface area contributed by atoms with Gasteiger partial charge in [0.15, 0.2) is 0 Å². The number of carbonyl (C=O) groups is 1. The van der Waals surface area contributed by atoms with Crippen LogP contribution in [0.3, 0.4) is 0 Å². The molecule has 0 spiro atoms. The summed E-state index contributed by atoms with van der Waals surface area (Å²) in [4.78, 5) is 11.3. The predicted molar refractivity (Wildman–Crippen MR) is 68.1 cm³/mol. The molecule has 0 fully saturated rings. The van der Waals surface area contributed by atoms with Crippen molar-refractivity contribution >= 4 is 5.97 Å². The van der Waals surface area contributed by atoms with Crippen LogP contribution in [-0.4, -0.2) is 11.1 Å². The largest absolute Gasteiger partial charge is 0.481 e. The van der Waals surface area contributed by atoms with E-state index in [4.69, 9.17) is 0 Å². The van der Waals surface area contributed by atoms with Crippen LogP contribution in [0.5, 0.6) is 0 Å². The van der Waals surface area contributed by atoms with E-state index >= 15 is 0 Å². The quantitative estimate of drug-likeness (QED) is 0.850. The predicted octanol–water partition coefficient (Wildman–Crippen LogP) is 3.21. The molecule has 0 aliphatic heterocycles. The normalized spacial score (nSPS) is 19.8. The van der Waals surface area contributed by atoms with Gasteiger partial charge >= 0.3 is 5.97 Å². The van der Waals surface area contributed by atoms with Crippen LogP contribution in [0.25, 0.3) is 0 Å². The van der Waals surface area contributed by atoms with Gasteiger partial charge in [0, 0.05) is 0 Å². The number of benzene rings is 1. The fourth-order valence-electron chi connectivity index (χ4n) is 2.68. The van der Waals surface area contributed by atoms with Crippen molar-refractivity contribution in [3.05, 3.63) is 34.9 Å². The monoisotopic (exact) mass is 232 g/mol. The SMILES string of the molecule is Cc1ccc2c(c1)CC(C(C)(C)C(=O)O)CC2. The molecule has 2 rings (SSSR count). The smallest absolute Gasteiger partial charge is 0.309 e. The van der Waals surface area contributed by atoms with Gasteiger partial charge in [-0.05, 0) is 57.1 Å². The molecule has 2 nitrogen and oxygen atoms in total. The van der Waals surface area contributed by atoms with Gasteiger partial charge in [-0.2, -0.15) is 0 Å². The molecule has 1 N–H and O–H groups in total. The van der Waals surface area contributed by atoms with Gasteiger partial charge in [-0.15, -0.1) is 0 Å². The van der Waals surface area contributed by atoms with E-state index in [9.17, 15) is 9.90 Å². The second-order valence-corrected chi connectivity index (χ2v) is 5.74. The average molecular weight is 232 g/mol. The molecule has 0 bridgehead atoms. The molecule has 2 heteroatoms. The van der Waals surface area contributed by atoms with Crippen molar-refractivity contribution in [3.8, 4) is 0 Å². The van der Waals surface area contributed by atoms with Crippen LogP contribution in [0.15, 0.2) is 18.2 Å². The highest BCUT2D eigenvalue weighted by atomic mass is 16.4. The second-order valence-electron chi connectivity index (χ2n) is 5.74.